The second-order valence-electron chi connectivity index (χ2n) is 8.99. The van der Waals surface area contributed by atoms with Gasteiger partial charge in [0.05, 0.1) is 15.5 Å². The Labute approximate surface area is 166 Å². The molecule has 7 rings (SSSR count). The Morgan fingerprint density at radius 2 is 1.81 bits per heavy atom. The molecule has 2 aromatic heterocycles. The van der Waals surface area contributed by atoms with Crippen molar-refractivity contribution in [3.63, 3.8) is 0 Å². The first-order valence-electron chi connectivity index (χ1n) is 10.0. The molecule has 0 saturated heterocycles. The average Bonchev–Trinajstić information content (AvgIpc) is 3.19. The van der Waals surface area contributed by atoms with Crippen molar-refractivity contribution in [2.45, 2.75) is 55.9 Å². The molecule has 1 atom stereocenters. The molecule has 27 heavy (non-hydrogen) atoms. The fourth-order valence-electron chi connectivity index (χ4n) is 6.49. The smallest absolute Gasteiger partial charge is 0.217 e. The first-order valence-corrected chi connectivity index (χ1v) is 11.7. The van der Waals surface area contributed by atoms with E-state index in [2.05, 4.69) is 39.7 Å². The van der Waals surface area contributed by atoms with Crippen LogP contribution in [0.3, 0.4) is 0 Å². The van der Waals surface area contributed by atoms with Crippen LogP contribution in [0.5, 0.6) is 0 Å². The van der Waals surface area contributed by atoms with Crippen molar-refractivity contribution in [1.82, 2.24) is 14.6 Å². The van der Waals surface area contributed by atoms with Gasteiger partial charge >= 0.3 is 0 Å². The molecule has 4 saturated carbocycles. The first kappa shape index (κ1) is 16.5. The fourth-order valence-corrected chi connectivity index (χ4v) is 8.56. The van der Waals surface area contributed by atoms with Gasteiger partial charge in [0, 0.05) is 5.41 Å². The maximum atomic E-state index is 13.6. The van der Waals surface area contributed by atoms with E-state index >= 15 is 0 Å². The van der Waals surface area contributed by atoms with Gasteiger partial charge in [-0.25, -0.2) is 0 Å². The molecule has 1 aromatic carbocycles. The van der Waals surface area contributed by atoms with Crippen LogP contribution in [0.25, 0.3) is 15.2 Å². The van der Waals surface area contributed by atoms with Gasteiger partial charge in [-0.3, -0.25) is 9.20 Å². The number of para-hydroxylation sites is 1. The SMILES string of the molecule is CC(Sc1nnc2sc3ccccc3n12)C(=O)C12CC3CC(CC(C3)C1)C2. The molecule has 4 fully saturated rings. The lowest BCUT2D eigenvalue weighted by Crippen LogP contribution is -2.51. The lowest BCUT2D eigenvalue weighted by molar-refractivity contribution is -0.142. The van der Waals surface area contributed by atoms with Gasteiger partial charge in [-0.05, 0) is 75.3 Å². The molecule has 0 amide bonds. The van der Waals surface area contributed by atoms with Crippen LogP contribution >= 0.6 is 23.1 Å². The van der Waals surface area contributed by atoms with Crippen LogP contribution < -0.4 is 0 Å². The van der Waals surface area contributed by atoms with Gasteiger partial charge in [-0.2, -0.15) is 0 Å². The van der Waals surface area contributed by atoms with Gasteiger partial charge in [0.25, 0.3) is 0 Å². The van der Waals surface area contributed by atoms with E-state index in [1.165, 1.54) is 24.0 Å². The minimum atomic E-state index is -0.0627. The number of carbonyl (C=O) groups excluding carboxylic acids is 1. The van der Waals surface area contributed by atoms with E-state index in [1.54, 1.807) is 23.1 Å². The Hall–Kier alpha value is -1.40. The predicted molar refractivity (Wildman–Crippen MR) is 109 cm³/mol. The zero-order chi connectivity index (χ0) is 18.2. The molecule has 140 valence electrons. The van der Waals surface area contributed by atoms with Crippen LogP contribution in [0, 0.1) is 23.2 Å². The maximum Gasteiger partial charge on any atom is 0.217 e. The van der Waals surface area contributed by atoms with Crippen molar-refractivity contribution < 1.29 is 4.79 Å². The van der Waals surface area contributed by atoms with Gasteiger partial charge in [0.15, 0.2) is 10.9 Å². The van der Waals surface area contributed by atoms with Crippen molar-refractivity contribution in [2.75, 3.05) is 0 Å². The number of hydrogen-bond acceptors (Lipinski definition) is 5. The topological polar surface area (TPSA) is 47.3 Å². The Morgan fingerprint density at radius 3 is 2.52 bits per heavy atom. The minimum Gasteiger partial charge on any atom is -0.298 e. The zero-order valence-corrected chi connectivity index (χ0v) is 17.1. The summed E-state index contributed by atoms with van der Waals surface area (Å²) in [5.41, 5.74) is 1.10. The molecule has 4 aliphatic rings. The summed E-state index contributed by atoms with van der Waals surface area (Å²) in [6.45, 7) is 2.08. The standard InChI is InChI=1S/C21H23N3OS2/c1-12(18(25)21-9-13-6-14(10-21)8-15(7-13)11-21)26-19-22-23-20-24(19)16-4-2-3-5-17(16)27-20/h2-5,12-15H,6-11H2,1H3. The van der Waals surface area contributed by atoms with Crippen LogP contribution in [0.15, 0.2) is 29.4 Å². The molecule has 3 aromatic rings. The van der Waals surface area contributed by atoms with Crippen LogP contribution in [0.2, 0.25) is 0 Å². The quantitative estimate of drug-likeness (QED) is 0.567. The maximum absolute atomic E-state index is 13.6. The third kappa shape index (κ3) is 2.45. The highest BCUT2D eigenvalue weighted by atomic mass is 32.2. The highest BCUT2D eigenvalue weighted by Crippen LogP contribution is 2.61. The van der Waals surface area contributed by atoms with Crippen LogP contribution in [-0.4, -0.2) is 25.6 Å². The van der Waals surface area contributed by atoms with Crippen LogP contribution in [0.1, 0.15) is 45.4 Å². The summed E-state index contributed by atoms with van der Waals surface area (Å²) in [6, 6.07) is 8.33. The van der Waals surface area contributed by atoms with Crippen molar-refractivity contribution >= 4 is 44.1 Å². The second-order valence-corrected chi connectivity index (χ2v) is 11.3. The van der Waals surface area contributed by atoms with E-state index in [-0.39, 0.29) is 10.7 Å². The summed E-state index contributed by atoms with van der Waals surface area (Å²) < 4.78 is 3.33. The summed E-state index contributed by atoms with van der Waals surface area (Å²) in [5, 5.41) is 9.56. The predicted octanol–water partition coefficient (Wildman–Crippen LogP) is 5.21. The largest absolute Gasteiger partial charge is 0.298 e. The van der Waals surface area contributed by atoms with Crippen molar-refractivity contribution in [1.29, 1.82) is 0 Å². The van der Waals surface area contributed by atoms with Gasteiger partial charge in [-0.1, -0.05) is 35.2 Å². The Kier molecular flexibility index (Phi) is 3.55. The van der Waals surface area contributed by atoms with Crippen molar-refractivity contribution in [3.8, 4) is 0 Å². The number of aromatic nitrogens is 3. The number of thioether (sulfide) groups is 1. The fraction of sp³-hybridized carbons (Fsp3) is 0.571. The number of hydrogen-bond donors (Lipinski definition) is 0. The minimum absolute atomic E-state index is 0.0400. The highest BCUT2D eigenvalue weighted by molar-refractivity contribution is 8.00. The van der Waals surface area contributed by atoms with Gasteiger partial charge < -0.3 is 0 Å². The van der Waals surface area contributed by atoms with E-state index in [4.69, 9.17) is 0 Å². The number of Topliss-reactive ketones (excluding diaryl/α,β-unsaturated/α-hetero) is 1. The number of benzene rings is 1. The monoisotopic (exact) mass is 397 g/mol. The van der Waals surface area contributed by atoms with Gasteiger partial charge in [0.1, 0.15) is 0 Å². The average molecular weight is 398 g/mol. The summed E-state index contributed by atoms with van der Waals surface area (Å²) in [7, 11) is 0. The number of fused-ring (bicyclic) bond motifs is 3. The first-order chi connectivity index (χ1) is 13.1. The number of nitrogens with zero attached hydrogens (tertiary/aromatic N) is 3. The van der Waals surface area contributed by atoms with E-state index < -0.39 is 0 Å². The van der Waals surface area contributed by atoms with Crippen molar-refractivity contribution in [2.24, 2.45) is 23.2 Å². The normalized spacial score (nSPS) is 33.1. The Balaban J connectivity index is 1.31. The molecule has 0 N–H and O–H groups in total. The Morgan fingerprint density at radius 1 is 1.15 bits per heavy atom. The molecule has 2 heterocycles. The van der Waals surface area contributed by atoms with E-state index in [0.29, 0.717) is 5.78 Å². The lowest BCUT2D eigenvalue weighted by atomic mass is 9.48. The third-order valence-electron chi connectivity index (χ3n) is 7.12. The molecule has 4 nitrogen and oxygen atoms in total. The summed E-state index contributed by atoms with van der Waals surface area (Å²) in [5.74, 6) is 2.89. The molecule has 6 heteroatoms. The number of rotatable bonds is 4. The molecular weight excluding hydrogens is 374 g/mol. The zero-order valence-electron chi connectivity index (χ0n) is 15.4. The molecule has 4 bridgehead atoms. The molecule has 0 radical (unpaired) electrons. The molecule has 0 spiro atoms. The summed E-state index contributed by atoms with van der Waals surface area (Å²) >= 11 is 3.26. The molecule has 0 aliphatic heterocycles. The number of ketones is 1. The summed E-state index contributed by atoms with van der Waals surface area (Å²) in [6.07, 6.45) is 7.54. The summed E-state index contributed by atoms with van der Waals surface area (Å²) in [4.78, 5) is 14.5. The van der Waals surface area contributed by atoms with E-state index in [1.807, 2.05) is 6.07 Å². The van der Waals surface area contributed by atoms with E-state index in [0.717, 1.165) is 52.7 Å². The van der Waals surface area contributed by atoms with Crippen molar-refractivity contribution in [3.05, 3.63) is 24.3 Å². The second kappa shape index (κ2) is 5.80. The molecule has 4 aliphatic carbocycles. The van der Waals surface area contributed by atoms with Crippen LogP contribution in [-0.2, 0) is 4.79 Å². The molecular formula is C21H23N3OS2. The van der Waals surface area contributed by atoms with E-state index in [9.17, 15) is 4.79 Å². The van der Waals surface area contributed by atoms with Gasteiger partial charge in [-0.15, -0.1) is 10.2 Å². The Bertz CT molecular complexity index is 1020. The third-order valence-corrected chi connectivity index (χ3v) is 9.18. The van der Waals surface area contributed by atoms with Gasteiger partial charge in [0.2, 0.25) is 4.96 Å². The highest BCUT2D eigenvalue weighted by Gasteiger charge is 2.55. The molecule has 1 unspecified atom stereocenters. The number of thiazole rings is 1. The van der Waals surface area contributed by atoms with Crippen LogP contribution in [0.4, 0.5) is 0 Å². The lowest BCUT2D eigenvalue weighted by Gasteiger charge is -2.56. The number of carbonyl (C=O) groups is 1.